The van der Waals surface area contributed by atoms with Crippen LogP contribution in [0.3, 0.4) is 0 Å². The van der Waals surface area contributed by atoms with Gasteiger partial charge in [-0.25, -0.2) is 4.99 Å². The van der Waals surface area contributed by atoms with Crippen molar-refractivity contribution in [1.82, 2.24) is 15.5 Å². The molecule has 6 nitrogen and oxygen atoms in total. The van der Waals surface area contributed by atoms with Crippen molar-refractivity contribution in [3.8, 4) is 0 Å². The van der Waals surface area contributed by atoms with Gasteiger partial charge in [-0.15, -0.1) is 35.3 Å². The largest absolute Gasteiger partial charge is 0.383 e. The SMILES string of the molecule is CCNC(=NCc1ccc(CN2CCOCC2)cc1)NCC(C)(O)c1cccs1.I. The van der Waals surface area contributed by atoms with Crippen LogP contribution in [-0.2, 0) is 23.4 Å². The van der Waals surface area contributed by atoms with E-state index in [2.05, 4.69) is 44.8 Å². The van der Waals surface area contributed by atoms with Crippen molar-refractivity contribution in [2.75, 3.05) is 39.4 Å². The van der Waals surface area contributed by atoms with Crippen molar-refractivity contribution in [1.29, 1.82) is 0 Å². The van der Waals surface area contributed by atoms with Crippen LogP contribution in [0.1, 0.15) is 29.9 Å². The van der Waals surface area contributed by atoms with Crippen LogP contribution in [0.25, 0.3) is 0 Å². The molecule has 3 N–H and O–H groups in total. The summed E-state index contributed by atoms with van der Waals surface area (Å²) in [5.41, 5.74) is 1.56. The Kier molecular flexibility index (Phi) is 10.5. The number of hydrogen-bond acceptors (Lipinski definition) is 5. The van der Waals surface area contributed by atoms with Gasteiger partial charge in [-0.1, -0.05) is 30.3 Å². The molecule has 1 unspecified atom stereocenters. The smallest absolute Gasteiger partial charge is 0.191 e. The molecule has 0 bridgehead atoms. The summed E-state index contributed by atoms with van der Waals surface area (Å²) in [6, 6.07) is 12.6. The third kappa shape index (κ3) is 7.81. The molecule has 1 aromatic heterocycles. The molecule has 0 aliphatic carbocycles. The van der Waals surface area contributed by atoms with Crippen molar-refractivity contribution in [2.45, 2.75) is 32.5 Å². The molecule has 3 rings (SSSR count). The predicted octanol–water partition coefficient (Wildman–Crippen LogP) is 3.16. The molecule has 8 heteroatoms. The molecule has 0 amide bonds. The Morgan fingerprint density at radius 1 is 1.17 bits per heavy atom. The molecular weight excluding hydrogens is 511 g/mol. The van der Waals surface area contributed by atoms with Crippen molar-refractivity contribution >= 4 is 41.3 Å². The van der Waals surface area contributed by atoms with Crippen LogP contribution < -0.4 is 10.6 Å². The summed E-state index contributed by atoms with van der Waals surface area (Å²) in [5.74, 6) is 0.710. The van der Waals surface area contributed by atoms with Crippen molar-refractivity contribution in [2.24, 2.45) is 4.99 Å². The maximum atomic E-state index is 10.7. The number of aliphatic hydroxyl groups is 1. The first-order chi connectivity index (χ1) is 14.1. The Morgan fingerprint density at radius 3 is 2.50 bits per heavy atom. The molecular formula is C22H33IN4O2S. The highest BCUT2D eigenvalue weighted by Gasteiger charge is 2.24. The molecule has 1 aliphatic rings. The van der Waals surface area contributed by atoms with Crippen molar-refractivity contribution in [3.05, 3.63) is 57.8 Å². The monoisotopic (exact) mass is 544 g/mol. The van der Waals surface area contributed by atoms with E-state index in [1.807, 2.05) is 31.4 Å². The van der Waals surface area contributed by atoms with Gasteiger partial charge in [0.2, 0.25) is 0 Å². The number of guanidine groups is 1. The molecule has 0 radical (unpaired) electrons. The third-order valence-electron chi connectivity index (χ3n) is 4.95. The standard InChI is InChI=1S/C22H32N4O2S.HI/c1-3-23-21(25-17-22(2,27)20-5-4-14-29-20)24-15-18-6-8-19(9-7-18)16-26-10-12-28-13-11-26;/h4-9,14,27H,3,10-13,15-17H2,1-2H3,(H2,23,24,25);1H. The van der Waals surface area contributed by atoms with Crippen LogP contribution in [0.4, 0.5) is 0 Å². The van der Waals surface area contributed by atoms with Gasteiger partial charge in [0.05, 0.1) is 26.3 Å². The number of benzene rings is 1. The second-order valence-corrected chi connectivity index (χ2v) is 8.45. The lowest BCUT2D eigenvalue weighted by Gasteiger charge is -2.26. The van der Waals surface area contributed by atoms with E-state index in [1.54, 1.807) is 11.3 Å². The topological polar surface area (TPSA) is 69.1 Å². The average Bonchev–Trinajstić information content (AvgIpc) is 3.28. The highest BCUT2D eigenvalue weighted by atomic mass is 127. The Bertz CT molecular complexity index is 760. The van der Waals surface area contributed by atoms with E-state index in [9.17, 15) is 5.11 Å². The van der Waals surface area contributed by atoms with Gasteiger partial charge >= 0.3 is 0 Å². The van der Waals surface area contributed by atoms with Gasteiger partial charge < -0.3 is 20.5 Å². The molecule has 166 valence electrons. The summed E-state index contributed by atoms with van der Waals surface area (Å²) in [6.45, 7) is 10.2. The highest BCUT2D eigenvalue weighted by molar-refractivity contribution is 14.0. The molecule has 0 spiro atoms. The number of morpholine rings is 1. The van der Waals surface area contributed by atoms with Crippen molar-refractivity contribution in [3.63, 3.8) is 0 Å². The number of hydrogen-bond donors (Lipinski definition) is 3. The third-order valence-corrected chi connectivity index (χ3v) is 6.07. The zero-order valence-corrected chi connectivity index (χ0v) is 20.9. The number of rotatable bonds is 8. The summed E-state index contributed by atoms with van der Waals surface area (Å²) in [4.78, 5) is 8.03. The van der Waals surface area contributed by atoms with E-state index in [4.69, 9.17) is 4.74 Å². The number of nitrogens with zero attached hydrogens (tertiary/aromatic N) is 2. The maximum Gasteiger partial charge on any atom is 0.191 e. The predicted molar refractivity (Wildman–Crippen MR) is 135 cm³/mol. The minimum Gasteiger partial charge on any atom is -0.383 e. The fourth-order valence-corrected chi connectivity index (χ4v) is 3.99. The lowest BCUT2D eigenvalue weighted by atomic mass is 10.1. The molecule has 0 saturated carbocycles. The molecule has 1 fully saturated rings. The molecule has 2 aromatic rings. The summed E-state index contributed by atoms with van der Waals surface area (Å²) in [6.07, 6.45) is 0. The summed E-state index contributed by atoms with van der Waals surface area (Å²) in [7, 11) is 0. The zero-order valence-electron chi connectivity index (χ0n) is 17.8. The summed E-state index contributed by atoms with van der Waals surface area (Å²) < 4.78 is 5.41. The first-order valence-corrected chi connectivity index (χ1v) is 11.1. The molecule has 1 aromatic carbocycles. The van der Waals surface area contributed by atoms with E-state index in [0.717, 1.165) is 49.8 Å². The Morgan fingerprint density at radius 2 is 1.87 bits per heavy atom. The van der Waals surface area contributed by atoms with Crippen LogP contribution in [0.2, 0.25) is 0 Å². The van der Waals surface area contributed by atoms with E-state index >= 15 is 0 Å². The number of thiophene rings is 1. The van der Waals surface area contributed by atoms with Crippen LogP contribution in [0.15, 0.2) is 46.8 Å². The summed E-state index contributed by atoms with van der Waals surface area (Å²) in [5, 5.41) is 19.2. The first kappa shape index (κ1) is 25.1. The number of ether oxygens (including phenoxy) is 1. The zero-order chi connectivity index (χ0) is 20.5. The van der Waals surface area contributed by atoms with E-state index in [0.29, 0.717) is 19.0 Å². The van der Waals surface area contributed by atoms with Gasteiger partial charge in [-0.2, -0.15) is 0 Å². The van der Waals surface area contributed by atoms with Crippen molar-refractivity contribution < 1.29 is 9.84 Å². The number of aliphatic imine (C=N–C) groups is 1. The van der Waals surface area contributed by atoms with Gasteiger partial charge in [-0.3, -0.25) is 4.90 Å². The second-order valence-electron chi connectivity index (χ2n) is 7.50. The van der Waals surface area contributed by atoms with E-state index in [-0.39, 0.29) is 24.0 Å². The second kappa shape index (κ2) is 12.6. The number of halogens is 1. The van der Waals surface area contributed by atoms with E-state index in [1.165, 1.54) is 5.56 Å². The molecule has 1 atom stereocenters. The van der Waals surface area contributed by atoms with E-state index < -0.39 is 5.60 Å². The first-order valence-electron chi connectivity index (χ1n) is 10.2. The maximum absolute atomic E-state index is 10.7. The van der Waals surface area contributed by atoms with Crippen LogP contribution in [0, 0.1) is 0 Å². The average molecular weight is 545 g/mol. The lowest BCUT2D eigenvalue weighted by molar-refractivity contribution is 0.0342. The molecule has 2 heterocycles. The van der Waals surface area contributed by atoms with Crippen LogP contribution in [-0.4, -0.2) is 55.4 Å². The quantitative estimate of drug-likeness (QED) is 0.271. The summed E-state index contributed by atoms with van der Waals surface area (Å²) >= 11 is 1.56. The van der Waals surface area contributed by atoms with Crippen LogP contribution in [0.5, 0.6) is 0 Å². The van der Waals surface area contributed by atoms with Gasteiger partial charge in [0.25, 0.3) is 0 Å². The lowest BCUT2D eigenvalue weighted by Crippen LogP contribution is -2.44. The highest BCUT2D eigenvalue weighted by Crippen LogP contribution is 2.24. The normalized spacial score (nSPS) is 17.1. The van der Waals surface area contributed by atoms with Gasteiger partial charge in [0.15, 0.2) is 5.96 Å². The minimum atomic E-state index is -0.925. The van der Waals surface area contributed by atoms with Gasteiger partial charge in [0, 0.05) is 31.1 Å². The van der Waals surface area contributed by atoms with Gasteiger partial charge in [-0.05, 0) is 36.4 Å². The number of nitrogens with one attached hydrogen (secondary N) is 2. The molecule has 1 saturated heterocycles. The van der Waals surface area contributed by atoms with Crippen LogP contribution >= 0.6 is 35.3 Å². The van der Waals surface area contributed by atoms with Gasteiger partial charge in [0.1, 0.15) is 5.60 Å². The Balaban J connectivity index is 0.00000320. The molecule has 30 heavy (non-hydrogen) atoms. The fraction of sp³-hybridized carbons (Fsp3) is 0.500. The molecule has 1 aliphatic heterocycles. The fourth-order valence-electron chi connectivity index (χ4n) is 3.21. The Labute approximate surface area is 200 Å². The Hall–Kier alpha value is -1.20. The minimum absolute atomic E-state index is 0.